The van der Waals surface area contributed by atoms with Gasteiger partial charge in [0, 0.05) is 0 Å². The molecule has 0 atom stereocenters. The van der Waals surface area contributed by atoms with Gasteiger partial charge in [0.1, 0.15) is 5.75 Å². The number of hydrogen-bond donors (Lipinski definition) is 0. The fourth-order valence-corrected chi connectivity index (χ4v) is 4.20. The average Bonchev–Trinajstić information content (AvgIpc) is 2.66. The van der Waals surface area contributed by atoms with Crippen molar-refractivity contribution in [2.24, 2.45) is 11.8 Å². The highest BCUT2D eigenvalue weighted by molar-refractivity contribution is 5.27. The summed E-state index contributed by atoms with van der Waals surface area (Å²) < 4.78 is 5.95. The van der Waals surface area contributed by atoms with Crippen molar-refractivity contribution in [3.05, 3.63) is 29.8 Å². The van der Waals surface area contributed by atoms with Crippen LogP contribution in [0.5, 0.6) is 5.75 Å². The number of ether oxygens (including phenoxy) is 1. The van der Waals surface area contributed by atoms with Gasteiger partial charge in [-0.05, 0) is 55.2 Å². The zero-order valence-corrected chi connectivity index (χ0v) is 16.8. The lowest BCUT2D eigenvalue weighted by Crippen LogP contribution is -2.15. The second-order valence-corrected chi connectivity index (χ2v) is 8.12. The van der Waals surface area contributed by atoms with Gasteiger partial charge >= 0.3 is 0 Å². The van der Waals surface area contributed by atoms with E-state index < -0.39 is 0 Å². The van der Waals surface area contributed by atoms with E-state index in [0.29, 0.717) is 0 Å². The van der Waals surface area contributed by atoms with Crippen LogP contribution in [0.2, 0.25) is 0 Å². The van der Waals surface area contributed by atoms with Crippen molar-refractivity contribution in [3.63, 3.8) is 0 Å². The summed E-state index contributed by atoms with van der Waals surface area (Å²) in [5.74, 6) is 3.04. The van der Waals surface area contributed by atoms with E-state index in [1.165, 1.54) is 89.0 Å². The maximum atomic E-state index is 5.95. The maximum absolute atomic E-state index is 5.95. The van der Waals surface area contributed by atoms with Crippen LogP contribution in [0.1, 0.15) is 96.5 Å². The maximum Gasteiger partial charge on any atom is 0.119 e. The second kappa shape index (κ2) is 12.4. The first-order chi connectivity index (χ1) is 12.3. The standard InChI is InChI=1S/C24H40O/c1-3-5-7-10-22-16-18-24(19-17-22)25-20-8-11-23-14-12-21(13-15-23)9-6-4-2/h16-19,21,23H,3-15,20H2,1-2H3/t21-,23-. The van der Waals surface area contributed by atoms with E-state index >= 15 is 0 Å². The third kappa shape index (κ3) is 8.29. The molecule has 0 aromatic heterocycles. The second-order valence-electron chi connectivity index (χ2n) is 8.12. The van der Waals surface area contributed by atoms with Crippen LogP contribution in [0.3, 0.4) is 0 Å². The monoisotopic (exact) mass is 344 g/mol. The summed E-state index contributed by atoms with van der Waals surface area (Å²) in [6.07, 6.45) is 17.8. The van der Waals surface area contributed by atoms with E-state index in [0.717, 1.165) is 24.2 Å². The number of hydrogen-bond acceptors (Lipinski definition) is 1. The molecular formula is C24H40O. The van der Waals surface area contributed by atoms with Gasteiger partial charge in [-0.25, -0.2) is 0 Å². The molecule has 1 aliphatic rings. The van der Waals surface area contributed by atoms with Crippen LogP contribution in [-0.2, 0) is 6.42 Å². The van der Waals surface area contributed by atoms with E-state index in [9.17, 15) is 0 Å². The summed E-state index contributed by atoms with van der Waals surface area (Å²) in [6.45, 7) is 5.45. The van der Waals surface area contributed by atoms with E-state index in [-0.39, 0.29) is 0 Å². The van der Waals surface area contributed by atoms with Crippen LogP contribution in [0, 0.1) is 11.8 Å². The number of aryl methyl sites for hydroxylation is 1. The fraction of sp³-hybridized carbons (Fsp3) is 0.750. The van der Waals surface area contributed by atoms with Gasteiger partial charge in [-0.2, -0.15) is 0 Å². The molecule has 0 saturated heterocycles. The first-order valence-corrected chi connectivity index (χ1v) is 11.0. The third-order valence-corrected chi connectivity index (χ3v) is 5.95. The van der Waals surface area contributed by atoms with Gasteiger partial charge in [0.25, 0.3) is 0 Å². The molecule has 25 heavy (non-hydrogen) atoms. The zero-order valence-electron chi connectivity index (χ0n) is 16.8. The molecule has 1 saturated carbocycles. The first kappa shape index (κ1) is 20.3. The molecule has 0 aliphatic heterocycles. The number of unbranched alkanes of at least 4 members (excludes halogenated alkanes) is 3. The summed E-state index contributed by atoms with van der Waals surface area (Å²) in [5, 5.41) is 0. The lowest BCUT2D eigenvalue weighted by molar-refractivity contribution is 0.228. The average molecular weight is 345 g/mol. The summed E-state index contributed by atoms with van der Waals surface area (Å²) in [7, 11) is 0. The van der Waals surface area contributed by atoms with Crippen molar-refractivity contribution < 1.29 is 4.74 Å². The summed E-state index contributed by atoms with van der Waals surface area (Å²) >= 11 is 0. The summed E-state index contributed by atoms with van der Waals surface area (Å²) in [4.78, 5) is 0. The quantitative estimate of drug-likeness (QED) is 0.355. The van der Waals surface area contributed by atoms with Crippen molar-refractivity contribution in [2.75, 3.05) is 6.61 Å². The molecule has 0 N–H and O–H groups in total. The van der Waals surface area contributed by atoms with E-state index in [1.807, 2.05) is 0 Å². The Bertz CT molecular complexity index is 428. The van der Waals surface area contributed by atoms with Crippen molar-refractivity contribution in [1.29, 1.82) is 0 Å². The van der Waals surface area contributed by atoms with Crippen LogP contribution < -0.4 is 4.74 Å². The Morgan fingerprint density at radius 2 is 1.36 bits per heavy atom. The summed E-state index contributed by atoms with van der Waals surface area (Å²) in [6, 6.07) is 8.78. The smallest absolute Gasteiger partial charge is 0.119 e. The Hall–Kier alpha value is -0.980. The highest BCUT2D eigenvalue weighted by atomic mass is 16.5. The molecule has 1 nitrogen and oxygen atoms in total. The molecule has 1 aliphatic carbocycles. The number of rotatable bonds is 12. The molecular weight excluding hydrogens is 304 g/mol. The normalized spacial score (nSPS) is 20.6. The van der Waals surface area contributed by atoms with Gasteiger partial charge in [-0.3, -0.25) is 0 Å². The van der Waals surface area contributed by atoms with Crippen LogP contribution in [-0.4, -0.2) is 6.61 Å². The lowest BCUT2D eigenvalue weighted by Gasteiger charge is -2.28. The van der Waals surface area contributed by atoms with E-state index in [1.54, 1.807) is 0 Å². The van der Waals surface area contributed by atoms with Crippen LogP contribution in [0.4, 0.5) is 0 Å². The fourth-order valence-electron chi connectivity index (χ4n) is 4.20. The molecule has 1 aromatic carbocycles. The minimum Gasteiger partial charge on any atom is -0.494 e. The molecule has 0 heterocycles. The van der Waals surface area contributed by atoms with Crippen LogP contribution in [0.25, 0.3) is 0 Å². The zero-order chi connectivity index (χ0) is 17.7. The number of benzene rings is 1. The van der Waals surface area contributed by atoms with Crippen LogP contribution >= 0.6 is 0 Å². The molecule has 0 amide bonds. The molecule has 142 valence electrons. The van der Waals surface area contributed by atoms with Gasteiger partial charge in [0.2, 0.25) is 0 Å². The van der Waals surface area contributed by atoms with E-state index in [2.05, 4.69) is 38.1 Å². The van der Waals surface area contributed by atoms with Gasteiger partial charge in [-0.15, -0.1) is 0 Å². The van der Waals surface area contributed by atoms with Crippen molar-refractivity contribution >= 4 is 0 Å². The van der Waals surface area contributed by atoms with Gasteiger partial charge < -0.3 is 4.74 Å². The Labute approximate surface area is 156 Å². The van der Waals surface area contributed by atoms with Gasteiger partial charge in [-0.1, -0.05) is 83.8 Å². The minimum atomic E-state index is 0.880. The molecule has 1 fully saturated rings. The van der Waals surface area contributed by atoms with E-state index in [4.69, 9.17) is 4.74 Å². The molecule has 0 spiro atoms. The van der Waals surface area contributed by atoms with Crippen molar-refractivity contribution in [1.82, 2.24) is 0 Å². The highest BCUT2D eigenvalue weighted by Gasteiger charge is 2.20. The van der Waals surface area contributed by atoms with Crippen molar-refractivity contribution in [3.8, 4) is 5.75 Å². The van der Waals surface area contributed by atoms with Crippen LogP contribution in [0.15, 0.2) is 24.3 Å². The van der Waals surface area contributed by atoms with Gasteiger partial charge in [0.15, 0.2) is 0 Å². The molecule has 1 heteroatoms. The molecule has 1 aromatic rings. The Kier molecular flexibility index (Phi) is 10.1. The first-order valence-electron chi connectivity index (χ1n) is 11.0. The minimum absolute atomic E-state index is 0.880. The Morgan fingerprint density at radius 1 is 0.760 bits per heavy atom. The SMILES string of the molecule is CCCCCc1ccc(OCCC[C@H]2CC[C@H](CCCC)CC2)cc1. The van der Waals surface area contributed by atoms with Crippen molar-refractivity contribution in [2.45, 2.75) is 97.3 Å². The van der Waals surface area contributed by atoms with Gasteiger partial charge in [0.05, 0.1) is 6.61 Å². The molecule has 0 bridgehead atoms. The topological polar surface area (TPSA) is 9.23 Å². The predicted octanol–water partition coefficient (Wildman–Crippen LogP) is 7.57. The summed E-state index contributed by atoms with van der Waals surface area (Å²) in [5.41, 5.74) is 1.45. The largest absolute Gasteiger partial charge is 0.494 e. The predicted molar refractivity (Wildman–Crippen MR) is 109 cm³/mol. The Balaban J connectivity index is 1.54. The third-order valence-electron chi connectivity index (χ3n) is 5.95. The molecule has 0 radical (unpaired) electrons. The lowest BCUT2D eigenvalue weighted by atomic mass is 9.78. The highest BCUT2D eigenvalue weighted by Crippen LogP contribution is 2.34. The molecule has 2 rings (SSSR count). The molecule has 0 unspecified atom stereocenters. The Morgan fingerprint density at radius 3 is 1.96 bits per heavy atom.